The molecule has 0 unspecified atom stereocenters. The van der Waals surface area contributed by atoms with Gasteiger partial charge in [-0.2, -0.15) is 9.64 Å². The standard InChI is InChI=1S/C21H19ClN4OS/c1-13-10-19(14(2)9-18(13)24-12-26(3)4)27-21-16(11-23)20(25-28-21)15-7-5-6-8-17(15)22/h5-10,12H,1-4H3/b24-12-. The maximum atomic E-state index is 9.68. The number of aromatic nitrogens is 1. The highest BCUT2D eigenvalue weighted by atomic mass is 35.5. The van der Waals surface area contributed by atoms with Crippen molar-refractivity contribution in [1.29, 1.82) is 5.26 Å². The molecule has 0 spiro atoms. The van der Waals surface area contributed by atoms with Crippen LogP contribution in [0.1, 0.15) is 16.7 Å². The summed E-state index contributed by atoms with van der Waals surface area (Å²) in [7, 11) is 3.85. The van der Waals surface area contributed by atoms with Gasteiger partial charge in [-0.25, -0.2) is 4.99 Å². The minimum absolute atomic E-state index is 0.379. The van der Waals surface area contributed by atoms with Gasteiger partial charge in [0.1, 0.15) is 23.1 Å². The van der Waals surface area contributed by atoms with Crippen molar-refractivity contribution in [3.05, 3.63) is 58.1 Å². The zero-order valence-corrected chi connectivity index (χ0v) is 17.6. The molecular formula is C21H19ClN4OS. The van der Waals surface area contributed by atoms with Gasteiger partial charge in [-0.3, -0.25) is 0 Å². The summed E-state index contributed by atoms with van der Waals surface area (Å²) in [6, 6.07) is 13.4. The molecule has 142 valence electrons. The topological polar surface area (TPSA) is 61.5 Å². The zero-order chi connectivity index (χ0) is 20.3. The fourth-order valence-electron chi connectivity index (χ4n) is 2.58. The van der Waals surface area contributed by atoms with Gasteiger partial charge >= 0.3 is 0 Å². The fraction of sp³-hybridized carbons (Fsp3) is 0.190. The average molecular weight is 411 g/mol. The molecule has 0 atom stereocenters. The molecule has 28 heavy (non-hydrogen) atoms. The maximum absolute atomic E-state index is 9.68. The van der Waals surface area contributed by atoms with Crippen molar-refractivity contribution in [1.82, 2.24) is 9.27 Å². The normalized spacial score (nSPS) is 10.9. The molecule has 0 aliphatic rings. The van der Waals surface area contributed by atoms with Gasteiger partial charge in [0.15, 0.2) is 0 Å². The van der Waals surface area contributed by atoms with Crippen molar-refractivity contribution in [2.75, 3.05) is 14.1 Å². The number of aryl methyl sites for hydroxylation is 2. The lowest BCUT2D eigenvalue weighted by molar-refractivity contribution is 0.491. The number of halogens is 1. The number of aliphatic imine (C=N–C) groups is 1. The van der Waals surface area contributed by atoms with Gasteiger partial charge in [0.05, 0.1) is 17.0 Å². The molecule has 0 amide bonds. The van der Waals surface area contributed by atoms with Crippen molar-refractivity contribution >= 4 is 35.2 Å². The Balaban J connectivity index is 1.96. The molecule has 1 aromatic heterocycles. The maximum Gasteiger partial charge on any atom is 0.218 e. The summed E-state index contributed by atoms with van der Waals surface area (Å²) in [5.74, 6) is 0.673. The molecular weight excluding hydrogens is 392 g/mol. The average Bonchev–Trinajstić information content (AvgIpc) is 3.06. The number of benzene rings is 2. The van der Waals surface area contributed by atoms with E-state index in [9.17, 15) is 5.26 Å². The van der Waals surface area contributed by atoms with E-state index in [-0.39, 0.29) is 0 Å². The van der Waals surface area contributed by atoms with Crippen LogP contribution in [-0.4, -0.2) is 29.7 Å². The third-order valence-electron chi connectivity index (χ3n) is 4.03. The van der Waals surface area contributed by atoms with Crippen molar-refractivity contribution in [2.45, 2.75) is 13.8 Å². The van der Waals surface area contributed by atoms with Crippen LogP contribution in [0.5, 0.6) is 10.8 Å². The molecule has 3 rings (SSSR count). The van der Waals surface area contributed by atoms with E-state index in [1.807, 2.05) is 63.2 Å². The van der Waals surface area contributed by atoms with Crippen LogP contribution >= 0.6 is 23.1 Å². The van der Waals surface area contributed by atoms with Gasteiger partial charge in [-0.1, -0.05) is 29.8 Å². The number of hydrogen-bond donors (Lipinski definition) is 0. The van der Waals surface area contributed by atoms with Crippen LogP contribution in [0, 0.1) is 25.2 Å². The van der Waals surface area contributed by atoms with Crippen LogP contribution in [0.3, 0.4) is 0 Å². The summed E-state index contributed by atoms with van der Waals surface area (Å²) in [4.78, 5) is 6.35. The summed E-state index contributed by atoms with van der Waals surface area (Å²) in [5.41, 5.74) is 4.41. The van der Waals surface area contributed by atoms with Gasteiger partial charge in [-0.15, -0.1) is 0 Å². The predicted octanol–water partition coefficient (Wildman–Crippen LogP) is 5.97. The highest BCUT2D eigenvalue weighted by Crippen LogP contribution is 2.40. The Morgan fingerprint density at radius 3 is 2.64 bits per heavy atom. The van der Waals surface area contributed by atoms with Gasteiger partial charge in [-0.05, 0) is 43.2 Å². The zero-order valence-electron chi connectivity index (χ0n) is 16.0. The second kappa shape index (κ2) is 8.42. The van der Waals surface area contributed by atoms with Crippen LogP contribution in [0.25, 0.3) is 11.3 Å². The van der Waals surface area contributed by atoms with E-state index in [1.165, 1.54) is 0 Å². The summed E-state index contributed by atoms with van der Waals surface area (Å²) < 4.78 is 10.5. The summed E-state index contributed by atoms with van der Waals surface area (Å²) in [6.07, 6.45) is 1.76. The molecule has 0 N–H and O–H groups in total. The molecule has 0 saturated carbocycles. The lowest BCUT2D eigenvalue weighted by Gasteiger charge is -2.11. The van der Waals surface area contributed by atoms with Crippen LogP contribution in [0.15, 0.2) is 41.4 Å². The lowest BCUT2D eigenvalue weighted by atomic mass is 10.1. The minimum Gasteiger partial charge on any atom is -0.443 e. The number of nitrogens with zero attached hydrogens (tertiary/aromatic N) is 4. The smallest absolute Gasteiger partial charge is 0.218 e. The van der Waals surface area contributed by atoms with Gasteiger partial charge in [0.25, 0.3) is 0 Å². The lowest BCUT2D eigenvalue weighted by Crippen LogP contribution is -2.07. The van der Waals surface area contributed by atoms with E-state index >= 15 is 0 Å². The molecule has 0 aliphatic carbocycles. The van der Waals surface area contributed by atoms with Gasteiger partial charge in [0, 0.05) is 31.2 Å². The van der Waals surface area contributed by atoms with Crippen molar-refractivity contribution in [3.63, 3.8) is 0 Å². The van der Waals surface area contributed by atoms with Crippen LogP contribution < -0.4 is 4.74 Å². The number of ether oxygens (including phenoxy) is 1. The Bertz CT molecular complexity index is 1080. The first kappa shape index (κ1) is 19.9. The summed E-state index contributed by atoms with van der Waals surface area (Å²) >= 11 is 7.41. The van der Waals surface area contributed by atoms with E-state index in [2.05, 4.69) is 15.4 Å². The number of nitriles is 1. The Morgan fingerprint density at radius 2 is 1.96 bits per heavy atom. The summed E-state index contributed by atoms with van der Waals surface area (Å²) in [5, 5.41) is 10.7. The predicted molar refractivity (Wildman–Crippen MR) is 115 cm³/mol. The quantitative estimate of drug-likeness (QED) is 0.384. The highest BCUT2D eigenvalue weighted by molar-refractivity contribution is 7.08. The van der Waals surface area contributed by atoms with Crippen LogP contribution in [0.2, 0.25) is 5.02 Å². The molecule has 0 fully saturated rings. The molecule has 0 saturated heterocycles. The molecule has 5 nitrogen and oxygen atoms in total. The van der Waals surface area contributed by atoms with E-state index in [0.717, 1.165) is 28.3 Å². The van der Waals surface area contributed by atoms with Crippen LogP contribution in [0.4, 0.5) is 5.69 Å². The first-order valence-electron chi connectivity index (χ1n) is 8.55. The Hall–Kier alpha value is -2.88. The Morgan fingerprint density at radius 1 is 1.21 bits per heavy atom. The molecule has 7 heteroatoms. The highest BCUT2D eigenvalue weighted by Gasteiger charge is 2.19. The van der Waals surface area contributed by atoms with E-state index in [1.54, 1.807) is 12.4 Å². The van der Waals surface area contributed by atoms with E-state index in [0.29, 0.717) is 32.7 Å². The molecule has 2 aromatic carbocycles. The van der Waals surface area contributed by atoms with Crippen molar-refractivity contribution in [3.8, 4) is 28.1 Å². The van der Waals surface area contributed by atoms with Gasteiger partial charge in [0.2, 0.25) is 5.06 Å². The Labute approximate surface area is 173 Å². The third-order valence-corrected chi connectivity index (χ3v) is 5.08. The Kier molecular flexibility index (Phi) is 5.98. The second-order valence-electron chi connectivity index (χ2n) is 6.50. The van der Waals surface area contributed by atoms with Crippen LogP contribution in [-0.2, 0) is 0 Å². The van der Waals surface area contributed by atoms with Crippen molar-refractivity contribution in [2.24, 2.45) is 4.99 Å². The number of hydrogen-bond acceptors (Lipinski definition) is 5. The third kappa shape index (κ3) is 4.16. The molecule has 0 aliphatic heterocycles. The summed E-state index contributed by atoms with van der Waals surface area (Å²) in [6.45, 7) is 3.92. The molecule has 3 aromatic rings. The first-order valence-corrected chi connectivity index (χ1v) is 9.70. The van der Waals surface area contributed by atoms with E-state index in [4.69, 9.17) is 16.3 Å². The molecule has 0 bridgehead atoms. The second-order valence-corrected chi connectivity index (χ2v) is 7.64. The van der Waals surface area contributed by atoms with E-state index < -0.39 is 0 Å². The van der Waals surface area contributed by atoms with Gasteiger partial charge < -0.3 is 9.64 Å². The van der Waals surface area contributed by atoms with Crippen molar-refractivity contribution < 1.29 is 4.74 Å². The minimum atomic E-state index is 0.379. The monoisotopic (exact) mass is 410 g/mol. The SMILES string of the molecule is Cc1cc(Oc2snc(-c3ccccc3Cl)c2C#N)c(C)cc1/N=C\N(C)C. The number of rotatable bonds is 5. The molecule has 1 heterocycles. The first-order chi connectivity index (χ1) is 13.4. The fourth-order valence-corrected chi connectivity index (χ4v) is 3.53. The molecule has 0 radical (unpaired) electrons. The largest absolute Gasteiger partial charge is 0.443 e.